The van der Waals surface area contributed by atoms with Crippen LogP contribution in [-0.2, 0) is 6.42 Å². The summed E-state index contributed by atoms with van der Waals surface area (Å²) in [4.78, 5) is 15.6. The molecular formula is C20H21BrN4O2. The number of aromatic nitrogens is 2. The zero-order chi connectivity index (χ0) is 19.4. The first-order chi connectivity index (χ1) is 12.9. The number of carbonyl (C=O) groups excluding carboxylic acids is 1. The van der Waals surface area contributed by atoms with Gasteiger partial charge in [-0.15, -0.1) is 0 Å². The minimum absolute atomic E-state index is 0.219. The number of aldehydes is 1. The van der Waals surface area contributed by atoms with Crippen molar-refractivity contribution in [1.82, 2.24) is 10.1 Å². The van der Waals surface area contributed by atoms with Gasteiger partial charge in [-0.2, -0.15) is 4.98 Å². The summed E-state index contributed by atoms with van der Waals surface area (Å²) in [5.74, 6) is 0.958. The van der Waals surface area contributed by atoms with Crippen LogP contribution in [0.25, 0.3) is 11.5 Å². The van der Waals surface area contributed by atoms with E-state index in [0.717, 1.165) is 22.9 Å². The summed E-state index contributed by atoms with van der Waals surface area (Å²) in [6, 6.07) is 12.9. The maximum atomic E-state index is 11.2. The molecule has 0 radical (unpaired) electrons. The highest BCUT2D eigenvalue weighted by Gasteiger charge is 2.20. The lowest BCUT2D eigenvalue weighted by Crippen LogP contribution is -2.32. The van der Waals surface area contributed by atoms with Gasteiger partial charge in [0.25, 0.3) is 5.89 Å². The van der Waals surface area contributed by atoms with E-state index in [-0.39, 0.29) is 5.54 Å². The number of nitrogens with zero attached hydrogens (tertiary/aromatic N) is 2. The minimum Gasteiger partial charge on any atom is -0.397 e. The molecule has 1 heterocycles. The van der Waals surface area contributed by atoms with Crippen molar-refractivity contribution in [2.75, 3.05) is 11.1 Å². The number of nitrogens with one attached hydrogen (secondary N) is 1. The van der Waals surface area contributed by atoms with E-state index >= 15 is 0 Å². The lowest BCUT2D eigenvalue weighted by molar-refractivity contribution is 0.112. The summed E-state index contributed by atoms with van der Waals surface area (Å²) in [5.41, 5.74) is 8.60. The quantitative estimate of drug-likeness (QED) is 0.417. The molecule has 0 aliphatic carbocycles. The third-order valence-corrected chi connectivity index (χ3v) is 4.74. The molecular weight excluding hydrogens is 408 g/mol. The van der Waals surface area contributed by atoms with Crippen LogP contribution in [0.4, 0.5) is 11.4 Å². The molecule has 6 nitrogen and oxygen atoms in total. The number of anilines is 2. The van der Waals surface area contributed by atoms with Gasteiger partial charge in [0.2, 0.25) is 0 Å². The standard InChI is InChI=1S/C20H21BrN4O2/c1-20(2,24-17-8-7-14(21)11-16(17)22)10-9-18-23-19(27-25-18)15-6-4-3-5-13(15)12-26/h3-8,11-12,24H,9-10,22H2,1-2H3. The van der Waals surface area contributed by atoms with Crippen LogP contribution < -0.4 is 11.1 Å². The van der Waals surface area contributed by atoms with Gasteiger partial charge in [0.1, 0.15) is 0 Å². The van der Waals surface area contributed by atoms with E-state index in [1.54, 1.807) is 18.2 Å². The van der Waals surface area contributed by atoms with Crippen molar-refractivity contribution < 1.29 is 9.32 Å². The molecule has 3 N–H and O–H groups in total. The van der Waals surface area contributed by atoms with Crippen LogP contribution in [-0.4, -0.2) is 22.0 Å². The number of hydrogen-bond donors (Lipinski definition) is 2. The fraction of sp³-hybridized carbons (Fsp3) is 0.250. The molecule has 2 aromatic carbocycles. The van der Waals surface area contributed by atoms with Gasteiger partial charge in [0.15, 0.2) is 12.1 Å². The van der Waals surface area contributed by atoms with Crippen LogP contribution in [0.5, 0.6) is 0 Å². The Balaban J connectivity index is 1.67. The Morgan fingerprint density at radius 1 is 1.26 bits per heavy atom. The molecule has 140 valence electrons. The Bertz CT molecular complexity index is 953. The van der Waals surface area contributed by atoms with Gasteiger partial charge < -0.3 is 15.6 Å². The van der Waals surface area contributed by atoms with E-state index < -0.39 is 0 Å². The number of carbonyl (C=O) groups is 1. The molecule has 0 unspecified atom stereocenters. The third-order valence-electron chi connectivity index (χ3n) is 4.25. The Kier molecular flexibility index (Phi) is 5.60. The molecule has 0 saturated heterocycles. The SMILES string of the molecule is CC(C)(CCc1noc(-c2ccccc2C=O)n1)Nc1ccc(Br)cc1N. The van der Waals surface area contributed by atoms with E-state index in [4.69, 9.17) is 10.3 Å². The Morgan fingerprint density at radius 2 is 2.04 bits per heavy atom. The molecule has 3 rings (SSSR count). The first-order valence-electron chi connectivity index (χ1n) is 8.58. The molecule has 0 atom stereocenters. The fourth-order valence-corrected chi connectivity index (χ4v) is 3.14. The van der Waals surface area contributed by atoms with Crippen LogP contribution in [0.15, 0.2) is 51.5 Å². The first kappa shape index (κ1) is 19.1. The van der Waals surface area contributed by atoms with Crippen LogP contribution in [0, 0.1) is 0 Å². The number of nitrogens with two attached hydrogens (primary N) is 1. The molecule has 1 aromatic heterocycles. The van der Waals surface area contributed by atoms with Crippen molar-refractivity contribution >= 4 is 33.6 Å². The fourth-order valence-electron chi connectivity index (χ4n) is 2.76. The van der Waals surface area contributed by atoms with Crippen LogP contribution in [0.2, 0.25) is 0 Å². The second-order valence-electron chi connectivity index (χ2n) is 6.96. The number of rotatable bonds is 7. The van der Waals surface area contributed by atoms with E-state index in [1.807, 2.05) is 24.3 Å². The van der Waals surface area contributed by atoms with Gasteiger partial charge >= 0.3 is 0 Å². The maximum Gasteiger partial charge on any atom is 0.258 e. The van der Waals surface area contributed by atoms with Gasteiger partial charge in [-0.05, 0) is 44.5 Å². The van der Waals surface area contributed by atoms with Gasteiger partial charge in [-0.1, -0.05) is 39.3 Å². The number of halogens is 1. The molecule has 0 amide bonds. The van der Waals surface area contributed by atoms with E-state index in [0.29, 0.717) is 35.0 Å². The second kappa shape index (κ2) is 7.92. The van der Waals surface area contributed by atoms with Gasteiger partial charge in [0.05, 0.1) is 16.9 Å². The summed E-state index contributed by atoms with van der Waals surface area (Å²) in [5, 5.41) is 7.51. The van der Waals surface area contributed by atoms with Crippen molar-refractivity contribution in [3.05, 3.63) is 58.3 Å². The summed E-state index contributed by atoms with van der Waals surface area (Å²) in [6.07, 6.45) is 2.19. The van der Waals surface area contributed by atoms with Gasteiger partial charge in [-0.3, -0.25) is 4.79 Å². The summed E-state index contributed by atoms with van der Waals surface area (Å²) < 4.78 is 6.29. The summed E-state index contributed by atoms with van der Waals surface area (Å²) >= 11 is 3.41. The normalized spacial score (nSPS) is 11.4. The number of nitrogen functional groups attached to an aromatic ring is 1. The highest BCUT2D eigenvalue weighted by atomic mass is 79.9. The van der Waals surface area contributed by atoms with Crippen LogP contribution in [0.3, 0.4) is 0 Å². The van der Waals surface area contributed by atoms with Gasteiger partial charge in [0, 0.05) is 22.0 Å². The van der Waals surface area contributed by atoms with Crippen molar-refractivity contribution in [2.24, 2.45) is 0 Å². The average molecular weight is 429 g/mol. The zero-order valence-electron chi connectivity index (χ0n) is 15.2. The largest absolute Gasteiger partial charge is 0.397 e. The topological polar surface area (TPSA) is 94.0 Å². The first-order valence-corrected chi connectivity index (χ1v) is 9.38. The van der Waals surface area contributed by atoms with E-state index in [2.05, 4.69) is 45.2 Å². The van der Waals surface area contributed by atoms with Gasteiger partial charge in [-0.25, -0.2) is 0 Å². The third kappa shape index (κ3) is 4.74. The molecule has 27 heavy (non-hydrogen) atoms. The predicted octanol–water partition coefficient (Wildman–Crippen LogP) is 4.72. The zero-order valence-corrected chi connectivity index (χ0v) is 16.8. The smallest absolute Gasteiger partial charge is 0.258 e. The highest BCUT2D eigenvalue weighted by molar-refractivity contribution is 9.10. The number of aryl methyl sites for hydroxylation is 1. The molecule has 0 saturated carbocycles. The lowest BCUT2D eigenvalue weighted by atomic mass is 9.97. The predicted molar refractivity (Wildman–Crippen MR) is 110 cm³/mol. The molecule has 7 heteroatoms. The van der Waals surface area contributed by atoms with Crippen molar-refractivity contribution in [3.8, 4) is 11.5 Å². The van der Waals surface area contributed by atoms with Crippen LogP contribution in [0.1, 0.15) is 36.5 Å². The molecule has 3 aromatic rings. The maximum absolute atomic E-state index is 11.2. The number of benzene rings is 2. The average Bonchev–Trinajstić information content (AvgIpc) is 3.11. The molecule has 0 bridgehead atoms. The van der Waals surface area contributed by atoms with Crippen molar-refractivity contribution in [3.63, 3.8) is 0 Å². The van der Waals surface area contributed by atoms with E-state index in [9.17, 15) is 4.79 Å². The van der Waals surface area contributed by atoms with Crippen molar-refractivity contribution in [1.29, 1.82) is 0 Å². The van der Waals surface area contributed by atoms with Crippen molar-refractivity contribution in [2.45, 2.75) is 32.2 Å². The Hall–Kier alpha value is -2.67. The van der Waals surface area contributed by atoms with Crippen LogP contribution >= 0.6 is 15.9 Å². The molecule has 0 aliphatic heterocycles. The Morgan fingerprint density at radius 3 is 2.78 bits per heavy atom. The monoisotopic (exact) mass is 428 g/mol. The molecule has 0 fully saturated rings. The number of hydrogen-bond acceptors (Lipinski definition) is 6. The summed E-state index contributed by atoms with van der Waals surface area (Å²) in [6.45, 7) is 4.19. The molecule has 0 spiro atoms. The lowest BCUT2D eigenvalue weighted by Gasteiger charge is -2.28. The molecule has 0 aliphatic rings. The van der Waals surface area contributed by atoms with E-state index in [1.165, 1.54) is 0 Å². The Labute approximate surface area is 166 Å². The minimum atomic E-state index is -0.219. The second-order valence-corrected chi connectivity index (χ2v) is 7.88. The highest BCUT2D eigenvalue weighted by Crippen LogP contribution is 2.28. The summed E-state index contributed by atoms with van der Waals surface area (Å²) in [7, 11) is 0.